The molecule has 0 aliphatic carbocycles. The number of hydrogen-bond acceptors (Lipinski definition) is 4. The van der Waals surface area contributed by atoms with E-state index >= 15 is 0 Å². The first kappa shape index (κ1) is 19.4. The number of carboxylic acids is 1. The van der Waals surface area contributed by atoms with E-state index < -0.39 is 38.1 Å². The minimum atomic E-state index is -3.65. The second-order valence-corrected chi connectivity index (χ2v) is 7.77. The number of carboxylic acid groups (broad SMARTS) is 1. The van der Waals surface area contributed by atoms with Gasteiger partial charge in [-0.15, -0.1) is 0 Å². The standard InChI is InChI=1S/C15H22NO6P/c17-10-13(15(19)20)16-14(18)11-23(21,22)9-5-4-8-12-6-2-1-3-7-12/h1-3,6-7,13,17H,4-5,8-11H2,(H,16,18)(H,19,20)(H,21,22)/t13-/m0/s1. The van der Waals surface area contributed by atoms with Crippen molar-refractivity contribution in [3.63, 3.8) is 0 Å². The van der Waals surface area contributed by atoms with Gasteiger partial charge in [0, 0.05) is 6.16 Å². The number of amides is 1. The maximum absolute atomic E-state index is 12.0. The van der Waals surface area contributed by atoms with E-state index in [0.717, 1.165) is 18.4 Å². The number of nitrogens with one attached hydrogen (secondary N) is 1. The summed E-state index contributed by atoms with van der Waals surface area (Å²) in [5.41, 5.74) is 1.14. The van der Waals surface area contributed by atoms with Gasteiger partial charge in [0.15, 0.2) is 0 Å². The van der Waals surface area contributed by atoms with Crippen LogP contribution in [-0.2, 0) is 20.6 Å². The first-order chi connectivity index (χ1) is 10.8. The van der Waals surface area contributed by atoms with Crippen LogP contribution in [0.5, 0.6) is 0 Å². The van der Waals surface area contributed by atoms with Crippen LogP contribution in [0.4, 0.5) is 0 Å². The summed E-state index contributed by atoms with van der Waals surface area (Å²) in [6.45, 7) is -0.770. The Bertz CT molecular complexity index is 562. The molecule has 8 heteroatoms. The van der Waals surface area contributed by atoms with Crippen LogP contribution < -0.4 is 5.32 Å². The van der Waals surface area contributed by atoms with E-state index in [1.54, 1.807) is 0 Å². The topological polar surface area (TPSA) is 124 Å². The molecular formula is C15H22NO6P. The van der Waals surface area contributed by atoms with Crippen LogP contribution in [0.25, 0.3) is 0 Å². The third kappa shape index (κ3) is 7.93. The summed E-state index contributed by atoms with van der Waals surface area (Å²) in [4.78, 5) is 32.0. The highest BCUT2D eigenvalue weighted by Crippen LogP contribution is 2.41. The van der Waals surface area contributed by atoms with E-state index in [4.69, 9.17) is 10.2 Å². The second kappa shape index (κ2) is 9.45. The molecule has 1 rings (SSSR count). The third-order valence-electron chi connectivity index (χ3n) is 3.27. The van der Waals surface area contributed by atoms with Crippen LogP contribution in [0.2, 0.25) is 0 Å². The number of carbonyl (C=O) groups excluding carboxylic acids is 1. The van der Waals surface area contributed by atoms with E-state index in [9.17, 15) is 19.0 Å². The van der Waals surface area contributed by atoms with Crippen molar-refractivity contribution in [1.29, 1.82) is 0 Å². The van der Waals surface area contributed by atoms with Gasteiger partial charge in [-0.2, -0.15) is 0 Å². The summed E-state index contributed by atoms with van der Waals surface area (Å²) in [5.74, 6) is -2.24. The van der Waals surface area contributed by atoms with Gasteiger partial charge in [0.05, 0.1) is 6.61 Å². The summed E-state index contributed by atoms with van der Waals surface area (Å²) < 4.78 is 12.0. The molecule has 0 saturated carbocycles. The van der Waals surface area contributed by atoms with Crippen molar-refractivity contribution in [2.75, 3.05) is 18.9 Å². The Morgan fingerprint density at radius 2 is 1.83 bits per heavy atom. The monoisotopic (exact) mass is 343 g/mol. The van der Waals surface area contributed by atoms with Gasteiger partial charge in [0.2, 0.25) is 13.3 Å². The number of unbranched alkanes of at least 4 members (excludes halogenated alkanes) is 1. The molecule has 2 atom stereocenters. The van der Waals surface area contributed by atoms with E-state index in [0.29, 0.717) is 6.42 Å². The average molecular weight is 343 g/mol. The number of carbonyl (C=O) groups is 2. The Balaban J connectivity index is 2.33. The Labute approximate surface area is 134 Å². The summed E-state index contributed by atoms with van der Waals surface area (Å²) in [7, 11) is -3.65. The number of rotatable bonds is 10. The fourth-order valence-corrected chi connectivity index (χ4v) is 3.48. The number of aliphatic hydroxyl groups excluding tert-OH is 1. The zero-order valence-corrected chi connectivity index (χ0v) is 13.6. The normalized spacial score (nSPS) is 14.7. The van der Waals surface area contributed by atoms with Crippen molar-refractivity contribution in [1.82, 2.24) is 5.32 Å². The number of aliphatic hydroxyl groups is 1. The van der Waals surface area contributed by atoms with E-state index in [-0.39, 0.29) is 6.16 Å². The molecule has 1 amide bonds. The maximum atomic E-state index is 12.0. The molecular weight excluding hydrogens is 321 g/mol. The molecule has 0 heterocycles. The lowest BCUT2D eigenvalue weighted by Crippen LogP contribution is -2.44. The molecule has 0 aromatic heterocycles. The number of benzene rings is 1. The molecule has 1 aromatic carbocycles. The van der Waals surface area contributed by atoms with E-state index in [1.807, 2.05) is 35.6 Å². The Hall–Kier alpha value is -1.69. The Kier molecular flexibility index (Phi) is 7.95. The number of hydrogen-bond donors (Lipinski definition) is 4. The second-order valence-electron chi connectivity index (χ2n) is 5.31. The van der Waals surface area contributed by atoms with E-state index in [1.165, 1.54) is 0 Å². The molecule has 4 N–H and O–H groups in total. The minimum absolute atomic E-state index is 0.00408. The molecule has 0 aliphatic heterocycles. The van der Waals surface area contributed by atoms with Crippen LogP contribution in [0, 0.1) is 0 Å². The van der Waals surface area contributed by atoms with Crippen LogP contribution in [-0.4, -0.2) is 52.0 Å². The van der Waals surface area contributed by atoms with Crippen LogP contribution in [0.1, 0.15) is 18.4 Å². The van der Waals surface area contributed by atoms with Crippen molar-refractivity contribution in [2.45, 2.75) is 25.3 Å². The van der Waals surface area contributed by atoms with Gasteiger partial charge in [0.1, 0.15) is 12.2 Å². The van der Waals surface area contributed by atoms with Gasteiger partial charge in [-0.05, 0) is 24.8 Å². The van der Waals surface area contributed by atoms with Gasteiger partial charge in [-0.25, -0.2) is 4.79 Å². The predicted octanol–water partition coefficient (Wildman–Crippen LogP) is 0.841. The van der Waals surface area contributed by atoms with Gasteiger partial charge in [-0.3, -0.25) is 9.36 Å². The highest BCUT2D eigenvalue weighted by Gasteiger charge is 2.25. The summed E-state index contributed by atoms with van der Waals surface area (Å²) in [6, 6.07) is 8.27. The van der Waals surface area contributed by atoms with Crippen LogP contribution >= 0.6 is 7.37 Å². The number of aliphatic carboxylic acids is 1. The van der Waals surface area contributed by atoms with Gasteiger partial charge in [0.25, 0.3) is 0 Å². The van der Waals surface area contributed by atoms with Crippen molar-refractivity contribution in [3.05, 3.63) is 35.9 Å². The smallest absolute Gasteiger partial charge is 0.328 e. The molecule has 0 radical (unpaired) electrons. The first-order valence-corrected chi connectivity index (χ1v) is 9.35. The largest absolute Gasteiger partial charge is 0.480 e. The molecule has 0 aliphatic rings. The van der Waals surface area contributed by atoms with Gasteiger partial charge >= 0.3 is 5.97 Å². The van der Waals surface area contributed by atoms with Crippen LogP contribution in [0.3, 0.4) is 0 Å². The van der Waals surface area contributed by atoms with Crippen molar-refractivity contribution < 1.29 is 29.3 Å². The van der Waals surface area contributed by atoms with Gasteiger partial charge in [-0.1, -0.05) is 30.3 Å². The highest BCUT2D eigenvalue weighted by atomic mass is 31.2. The zero-order chi connectivity index (χ0) is 17.3. The molecule has 7 nitrogen and oxygen atoms in total. The predicted molar refractivity (Wildman–Crippen MR) is 85.6 cm³/mol. The summed E-state index contributed by atoms with van der Waals surface area (Å²) in [5, 5.41) is 19.5. The fourth-order valence-electron chi connectivity index (χ4n) is 2.06. The third-order valence-corrected chi connectivity index (χ3v) is 5.07. The first-order valence-electron chi connectivity index (χ1n) is 7.32. The summed E-state index contributed by atoms with van der Waals surface area (Å²) >= 11 is 0. The molecule has 128 valence electrons. The van der Waals surface area contributed by atoms with Crippen LogP contribution in [0.15, 0.2) is 30.3 Å². The van der Waals surface area contributed by atoms with Gasteiger partial charge < -0.3 is 20.4 Å². The highest BCUT2D eigenvalue weighted by molar-refractivity contribution is 7.58. The van der Waals surface area contributed by atoms with Crippen molar-refractivity contribution >= 4 is 19.2 Å². The van der Waals surface area contributed by atoms with Crippen molar-refractivity contribution in [3.8, 4) is 0 Å². The molecule has 0 fully saturated rings. The lowest BCUT2D eigenvalue weighted by molar-refractivity contribution is -0.142. The Morgan fingerprint density at radius 1 is 1.17 bits per heavy atom. The molecule has 1 unspecified atom stereocenters. The number of aryl methyl sites for hydroxylation is 1. The molecule has 23 heavy (non-hydrogen) atoms. The molecule has 0 bridgehead atoms. The average Bonchev–Trinajstić information content (AvgIpc) is 2.49. The summed E-state index contributed by atoms with van der Waals surface area (Å²) in [6.07, 6.45) is 1.38. The maximum Gasteiger partial charge on any atom is 0.328 e. The lowest BCUT2D eigenvalue weighted by Gasteiger charge is -2.14. The van der Waals surface area contributed by atoms with Crippen molar-refractivity contribution in [2.24, 2.45) is 0 Å². The quantitative estimate of drug-likeness (QED) is 0.369. The molecule has 0 spiro atoms. The fraction of sp³-hybridized carbons (Fsp3) is 0.467. The molecule has 0 saturated heterocycles. The zero-order valence-electron chi connectivity index (χ0n) is 12.7. The minimum Gasteiger partial charge on any atom is -0.480 e. The van der Waals surface area contributed by atoms with E-state index in [2.05, 4.69) is 0 Å². The SMILES string of the molecule is O=C(CP(=O)(O)CCCCc1ccccc1)N[C@@H](CO)C(=O)O. The Morgan fingerprint density at radius 3 is 2.39 bits per heavy atom. The lowest BCUT2D eigenvalue weighted by atomic mass is 10.1. The molecule has 1 aromatic rings.